The summed E-state index contributed by atoms with van der Waals surface area (Å²) < 4.78 is 3.86. The standard InChI is InChI=1S/C9H12O12/c10-1(3(12)6(14)15)2(11)4(13)9(20)21-5(7(16)17)8(18)19/h1-5,10-13H,(H,14,15)(H,16,17)(H,18,19)/t1-,2+,3+,4-/m1/s1. The number of carboxylic acid groups (broad SMARTS) is 3. The minimum atomic E-state index is -2.69. The molecular weight excluding hydrogens is 300 g/mol. The lowest BCUT2D eigenvalue weighted by molar-refractivity contribution is -0.188. The molecule has 4 atom stereocenters. The summed E-state index contributed by atoms with van der Waals surface area (Å²) in [6.45, 7) is 0. The van der Waals surface area contributed by atoms with Crippen molar-refractivity contribution in [1.82, 2.24) is 0 Å². The molecule has 0 saturated carbocycles. The highest BCUT2D eigenvalue weighted by Gasteiger charge is 2.40. The van der Waals surface area contributed by atoms with Gasteiger partial charge < -0.3 is 40.5 Å². The van der Waals surface area contributed by atoms with Gasteiger partial charge in [-0.1, -0.05) is 0 Å². The molecule has 0 saturated heterocycles. The topological polar surface area (TPSA) is 219 Å². The number of ether oxygens (including phenoxy) is 1. The molecule has 0 unspecified atom stereocenters. The first kappa shape index (κ1) is 18.7. The van der Waals surface area contributed by atoms with Crippen LogP contribution in [-0.2, 0) is 23.9 Å². The van der Waals surface area contributed by atoms with E-state index in [9.17, 15) is 29.4 Å². The van der Waals surface area contributed by atoms with Crippen LogP contribution in [0.25, 0.3) is 0 Å². The molecule has 0 aromatic rings. The van der Waals surface area contributed by atoms with Crippen LogP contribution in [0.5, 0.6) is 0 Å². The fourth-order valence-corrected chi connectivity index (χ4v) is 1.05. The van der Waals surface area contributed by atoms with E-state index < -0.39 is 54.4 Å². The molecule has 0 spiro atoms. The molecular formula is C9H12O12. The molecule has 0 bridgehead atoms. The Bertz CT molecular complexity index is 416. The first-order valence-corrected chi connectivity index (χ1v) is 5.11. The molecule has 0 radical (unpaired) electrons. The van der Waals surface area contributed by atoms with E-state index in [-0.39, 0.29) is 0 Å². The second-order valence-electron chi connectivity index (χ2n) is 3.70. The first-order chi connectivity index (χ1) is 9.50. The van der Waals surface area contributed by atoms with Crippen LogP contribution >= 0.6 is 0 Å². The number of carbonyl (C=O) groups excluding carboxylic acids is 1. The van der Waals surface area contributed by atoms with Crippen LogP contribution in [0.3, 0.4) is 0 Å². The third-order valence-corrected chi connectivity index (χ3v) is 2.17. The summed E-state index contributed by atoms with van der Waals surface area (Å²) in [7, 11) is 0. The molecule has 0 aliphatic rings. The Morgan fingerprint density at radius 2 is 1.05 bits per heavy atom. The van der Waals surface area contributed by atoms with Gasteiger partial charge in [-0.25, -0.2) is 19.2 Å². The molecule has 7 N–H and O–H groups in total. The Morgan fingerprint density at radius 3 is 1.38 bits per heavy atom. The van der Waals surface area contributed by atoms with Crippen molar-refractivity contribution in [3.8, 4) is 0 Å². The molecule has 0 aromatic carbocycles. The monoisotopic (exact) mass is 312 g/mol. The van der Waals surface area contributed by atoms with Gasteiger partial charge >= 0.3 is 23.9 Å². The average Bonchev–Trinajstić information content (AvgIpc) is 2.39. The van der Waals surface area contributed by atoms with E-state index in [1.54, 1.807) is 0 Å². The SMILES string of the molecule is O=C(O)C(OC(=O)[C@H](O)[C@@H](O)[C@@H](O)[C@H](O)C(=O)O)C(=O)O. The smallest absolute Gasteiger partial charge is 0.356 e. The van der Waals surface area contributed by atoms with Gasteiger partial charge in [-0.3, -0.25) is 0 Å². The van der Waals surface area contributed by atoms with Crippen molar-refractivity contribution >= 4 is 23.9 Å². The third kappa shape index (κ3) is 4.96. The highest BCUT2D eigenvalue weighted by molar-refractivity contribution is 5.98. The van der Waals surface area contributed by atoms with Crippen molar-refractivity contribution in [2.45, 2.75) is 30.5 Å². The van der Waals surface area contributed by atoms with E-state index in [4.69, 9.17) is 25.5 Å². The van der Waals surface area contributed by atoms with Crippen LogP contribution in [0.4, 0.5) is 0 Å². The lowest BCUT2D eigenvalue weighted by atomic mass is 10.0. The van der Waals surface area contributed by atoms with Crippen LogP contribution in [0.1, 0.15) is 0 Å². The number of aliphatic hydroxyl groups excluding tert-OH is 4. The summed E-state index contributed by atoms with van der Waals surface area (Å²) in [6, 6.07) is 0. The number of carbonyl (C=O) groups is 4. The number of hydrogen-bond donors (Lipinski definition) is 7. The van der Waals surface area contributed by atoms with Gasteiger partial charge in [-0.2, -0.15) is 0 Å². The van der Waals surface area contributed by atoms with E-state index in [1.165, 1.54) is 0 Å². The maximum absolute atomic E-state index is 11.2. The van der Waals surface area contributed by atoms with Gasteiger partial charge in [0.2, 0.25) is 0 Å². The quantitative estimate of drug-likeness (QED) is 0.167. The zero-order chi connectivity index (χ0) is 16.9. The Balaban J connectivity index is 4.88. The van der Waals surface area contributed by atoms with E-state index in [0.29, 0.717) is 0 Å². The zero-order valence-electron chi connectivity index (χ0n) is 10.1. The summed E-state index contributed by atoms with van der Waals surface area (Å²) in [5.41, 5.74) is 0. The molecule has 0 heterocycles. The average molecular weight is 312 g/mol. The highest BCUT2D eigenvalue weighted by Crippen LogP contribution is 2.08. The molecule has 0 rings (SSSR count). The maximum atomic E-state index is 11.2. The Kier molecular flexibility index (Phi) is 6.68. The van der Waals surface area contributed by atoms with E-state index >= 15 is 0 Å². The van der Waals surface area contributed by atoms with Crippen LogP contribution in [0.15, 0.2) is 0 Å². The fourth-order valence-electron chi connectivity index (χ4n) is 1.05. The van der Waals surface area contributed by atoms with E-state index in [1.807, 2.05) is 0 Å². The minimum absolute atomic E-state index is 1.95. The van der Waals surface area contributed by atoms with Crippen molar-refractivity contribution in [3.63, 3.8) is 0 Å². The summed E-state index contributed by atoms with van der Waals surface area (Å²) in [5, 5.41) is 61.7. The zero-order valence-corrected chi connectivity index (χ0v) is 10.1. The normalized spacial score (nSPS) is 16.6. The Labute approximate surface area is 115 Å². The lowest BCUT2D eigenvalue weighted by Crippen LogP contribution is -2.51. The molecule has 12 heteroatoms. The number of aliphatic hydroxyl groups is 4. The van der Waals surface area contributed by atoms with Gasteiger partial charge in [0, 0.05) is 0 Å². The van der Waals surface area contributed by atoms with Crippen LogP contribution < -0.4 is 0 Å². The summed E-state index contributed by atoms with van der Waals surface area (Å²) >= 11 is 0. The molecule has 0 aliphatic heterocycles. The van der Waals surface area contributed by atoms with Gasteiger partial charge in [0.15, 0.2) is 12.2 Å². The van der Waals surface area contributed by atoms with Crippen LogP contribution in [0.2, 0.25) is 0 Å². The summed E-state index contributed by atoms with van der Waals surface area (Å²) in [5.74, 6) is -8.09. The summed E-state index contributed by atoms with van der Waals surface area (Å²) in [6.07, 6.45) is -13.0. The van der Waals surface area contributed by atoms with Crippen molar-refractivity contribution in [3.05, 3.63) is 0 Å². The second kappa shape index (κ2) is 7.49. The molecule has 0 fully saturated rings. The maximum Gasteiger partial charge on any atom is 0.356 e. The molecule has 21 heavy (non-hydrogen) atoms. The lowest BCUT2D eigenvalue weighted by Gasteiger charge is -2.23. The van der Waals surface area contributed by atoms with Gasteiger partial charge in [0.25, 0.3) is 6.10 Å². The molecule has 120 valence electrons. The largest absolute Gasteiger partial charge is 0.479 e. The fraction of sp³-hybridized carbons (Fsp3) is 0.556. The molecule has 12 nitrogen and oxygen atoms in total. The number of hydrogen-bond acceptors (Lipinski definition) is 9. The van der Waals surface area contributed by atoms with Crippen molar-refractivity contribution in [2.24, 2.45) is 0 Å². The molecule has 0 aliphatic carbocycles. The van der Waals surface area contributed by atoms with Gasteiger partial charge in [-0.05, 0) is 0 Å². The third-order valence-electron chi connectivity index (χ3n) is 2.17. The number of carboxylic acids is 3. The van der Waals surface area contributed by atoms with Crippen molar-refractivity contribution in [1.29, 1.82) is 0 Å². The minimum Gasteiger partial charge on any atom is -0.479 e. The second-order valence-corrected chi connectivity index (χ2v) is 3.70. The summed E-state index contributed by atoms with van der Waals surface area (Å²) in [4.78, 5) is 42.4. The van der Waals surface area contributed by atoms with Gasteiger partial charge in [-0.15, -0.1) is 0 Å². The van der Waals surface area contributed by atoms with E-state index in [0.717, 1.165) is 0 Å². The highest BCUT2D eigenvalue weighted by atomic mass is 16.6. The number of esters is 1. The number of aliphatic carboxylic acids is 3. The first-order valence-electron chi connectivity index (χ1n) is 5.11. The van der Waals surface area contributed by atoms with Crippen LogP contribution in [0, 0.1) is 0 Å². The molecule has 0 aromatic heterocycles. The van der Waals surface area contributed by atoms with Crippen LogP contribution in [-0.4, -0.2) is 90.1 Å². The van der Waals surface area contributed by atoms with Gasteiger partial charge in [0.05, 0.1) is 0 Å². The van der Waals surface area contributed by atoms with Crippen molar-refractivity contribution in [2.75, 3.05) is 0 Å². The number of rotatable bonds is 8. The van der Waals surface area contributed by atoms with Gasteiger partial charge in [0.1, 0.15) is 12.2 Å². The molecule has 0 amide bonds. The predicted octanol–water partition coefficient (Wildman–Crippen LogP) is -4.40. The predicted molar refractivity (Wildman–Crippen MR) is 56.8 cm³/mol. The Morgan fingerprint density at radius 1 is 0.667 bits per heavy atom. The van der Waals surface area contributed by atoms with Crippen molar-refractivity contribution < 1.29 is 59.7 Å². The Hall–Kier alpha value is -2.28. The van der Waals surface area contributed by atoms with E-state index in [2.05, 4.69) is 4.74 Å².